The van der Waals surface area contributed by atoms with Gasteiger partial charge >= 0.3 is 0 Å². The van der Waals surface area contributed by atoms with E-state index >= 15 is 0 Å². The van der Waals surface area contributed by atoms with Gasteiger partial charge in [-0.1, -0.05) is 47.2 Å². The lowest BCUT2D eigenvalue weighted by Gasteiger charge is -2.19. The number of nitrogens with zero attached hydrogens (tertiary/aromatic N) is 3. The zero-order valence-corrected chi connectivity index (χ0v) is 18.0. The van der Waals surface area contributed by atoms with Crippen molar-refractivity contribution in [2.75, 3.05) is 10.7 Å². The molecule has 2 aromatic carbocycles. The Hall–Kier alpha value is -2.70. The van der Waals surface area contributed by atoms with Crippen LogP contribution in [0.3, 0.4) is 0 Å². The molecule has 0 N–H and O–H groups in total. The summed E-state index contributed by atoms with van der Waals surface area (Å²) in [6, 6.07) is 18.2. The Labute approximate surface area is 178 Å². The first kappa shape index (κ1) is 19.6. The number of anilines is 1. The molecule has 4 nitrogen and oxygen atoms in total. The summed E-state index contributed by atoms with van der Waals surface area (Å²) in [6.45, 7) is 4.57. The van der Waals surface area contributed by atoms with Crippen molar-refractivity contribution in [3.8, 4) is 0 Å². The number of benzene rings is 2. The van der Waals surface area contributed by atoms with Gasteiger partial charge in [0.25, 0.3) is 0 Å². The normalized spacial score (nSPS) is 11.0. The molecule has 0 fully saturated rings. The van der Waals surface area contributed by atoms with Crippen molar-refractivity contribution in [2.24, 2.45) is 0 Å². The molecule has 146 valence electrons. The third-order valence-electron chi connectivity index (χ3n) is 4.59. The van der Waals surface area contributed by atoms with Gasteiger partial charge < -0.3 is 0 Å². The van der Waals surface area contributed by atoms with Crippen LogP contribution in [-0.2, 0) is 11.3 Å². The number of hydrogen-bond donors (Lipinski definition) is 0. The highest BCUT2D eigenvalue weighted by molar-refractivity contribution is 8.00. The van der Waals surface area contributed by atoms with Crippen LogP contribution in [0.15, 0.2) is 71.9 Å². The molecule has 0 aliphatic rings. The molecule has 2 heterocycles. The number of amides is 1. The van der Waals surface area contributed by atoms with E-state index < -0.39 is 0 Å². The largest absolute Gasteiger partial charge is 0.283 e. The van der Waals surface area contributed by atoms with E-state index in [4.69, 9.17) is 4.98 Å². The van der Waals surface area contributed by atoms with E-state index in [-0.39, 0.29) is 5.91 Å². The maximum atomic E-state index is 13.2. The quantitative estimate of drug-likeness (QED) is 0.380. The van der Waals surface area contributed by atoms with Crippen LogP contribution in [-0.4, -0.2) is 21.6 Å². The monoisotopic (exact) mass is 419 g/mol. The molecule has 6 heteroatoms. The molecule has 4 rings (SSSR count). The molecule has 0 bridgehead atoms. The minimum Gasteiger partial charge on any atom is -0.283 e. The number of pyridine rings is 1. The van der Waals surface area contributed by atoms with E-state index in [1.807, 2.05) is 31.2 Å². The second-order valence-electron chi connectivity index (χ2n) is 6.86. The number of fused-ring (bicyclic) bond motifs is 1. The summed E-state index contributed by atoms with van der Waals surface area (Å²) in [4.78, 5) is 25.0. The predicted molar refractivity (Wildman–Crippen MR) is 122 cm³/mol. The van der Waals surface area contributed by atoms with Gasteiger partial charge in [0.05, 0.1) is 22.5 Å². The van der Waals surface area contributed by atoms with E-state index in [1.54, 1.807) is 40.4 Å². The molecule has 0 saturated heterocycles. The molecule has 0 aliphatic carbocycles. The Morgan fingerprint density at radius 2 is 1.90 bits per heavy atom. The minimum absolute atomic E-state index is 0.0381. The topological polar surface area (TPSA) is 46.1 Å². The number of carbonyl (C=O) groups excluding carboxylic acids is 1. The van der Waals surface area contributed by atoms with Crippen LogP contribution in [0.25, 0.3) is 10.2 Å². The average Bonchev–Trinajstić information content (AvgIpc) is 3.17. The lowest BCUT2D eigenvalue weighted by Crippen LogP contribution is -2.31. The van der Waals surface area contributed by atoms with Gasteiger partial charge in [-0.15, -0.1) is 11.8 Å². The summed E-state index contributed by atoms with van der Waals surface area (Å²) in [5.41, 5.74) is 4.27. The maximum Gasteiger partial charge on any atom is 0.239 e. The van der Waals surface area contributed by atoms with E-state index in [0.717, 1.165) is 31.4 Å². The Morgan fingerprint density at radius 1 is 1.07 bits per heavy atom. The van der Waals surface area contributed by atoms with E-state index in [1.165, 1.54) is 5.56 Å². The van der Waals surface area contributed by atoms with Gasteiger partial charge in [-0.25, -0.2) is 4.98 Å². The van der Waals surface area contributed by atoms with Crippen molar-refractivity contribution in [3.05, 3.63) is 83.7 Å². The first-order chi connectivity index (χ1) is 14.1. The molecule has 0 aliphatic heterocycles. The molecule has 0 atom stereocenters. The summed E-state index contributed by atoms with van der Waals surface area (Å²) in [7, 11) is 0. The lowest BCUT2D eigenvalue weighted by molar-refractivity contribution is -0.116. The number of thiazole rings is 1. The lowest BCUT2D eigenvalue weighted by atomic mass is 10.2. The number of rotatable bonds is 6. The Bertz CT molecular complexity index is 1120. The van der Waals surface area contributed by atoms with Crippen molar-refractivity contribution in [2.45, 2.75) is 25.3 Å². The summed E-state index contributed by atoms with van der Waals surface area (Å²) in [6.07, 6.45) is 3.54. The summed E-state index contributed by atoms with van der Waals surface area (Å²) < 4.78 is 1.09. The van der Waals surface area contributed by atoms with Crippen molar-refractivity contribution >= 4 is 44.4 Å². The standard InChI is InChI=1S/C23H21N3OS2/c1-16-8-10-19(11-9-16)28-15-21(27)26(14-18-6-4-12-24-13-18)23-25-22-17(2)5-3-7-20(22)29-23/h3-13H,14-15H2,1-2H3. The van der Waals surface area contributed by atoms with Gasteiger partial charge in [-0.3, -0.25) is 14.7 Å². The van der Waals surface area contributed by atoms with Gasteiger partial charge in [0.15, 0.2) is 5.13 Å². The number of aromatic nitrogens is 2. The molecular formula is C23H21N3OS2. The number of para-hydroxylation sites is 1. The van der Waals surface area contributed by atoms with Crippen molar-refractivity contribution in [3.63, 3.8) is 0 Å². The summed E-state index contributed by atoms with van der Waals surface area (Å²) in [5, 5.41) is 0.729. The highest BCUT2D eigenvalue weighted by Crippen LogP contribution is 2.32. The fraction of sp³-hybridized carbons (Fsp3) is 0.174. The van der Waals surface area contributed by atoms with Crippen molar-refractivity contribution in [1.82, 2.24) is 9.97 Å². The van der Waals surface area contributed by atoms with E-state index in [9.17, 15) is 4.79 Å². The van der Waals surface area contributed by atoms with Crippen LogP contribution in [0.1, 0.15) is 16.7 Å². The smallest absolute Gasteiger partial charge is 0.239 e. The number of hydrogen-bond acceptors (Lipinski definition) is 5. The molecule has 0 unspecified atom stereocenters. The van der Waals surface area contributed by atoms with Crippen molar-refractivity contribution < 1.29 is 4.79 Å². The molecule has 2 aromatic heterocycles. The number of thioether (sulfide) groups is 1. The Balaban J connectivity index is 1.60. The molecule has 29 heavy (non-hydrogen) atoms. The summed E-state index contributed by atoms with van der Waals surface area (Å²) in [5.74, 6) is 0.397. The average molecular weight is 420 g/mol. The third-order valence-corrected chi connectivity index (χ3v) is 6.63. The highest BCUT2D eigenvalue weighted by Gasteiger charge is 2.21. The zero-order chi connectivity index (χ0) is 20.2. The highest BCUT2D eigenvalue weighted by atomic mass is 32.2. The van der Waals surface area contributed by atoms with Crippen LogP contribution in [0.5, 0.6) is 0 Å². The third kappa shape index (κ3) is 4.66. The van der Waals surface area contributed by atoms with Crippen LogP contribution in [0, 0.1) is 13.8 Å². The van der Waals surface area contributed by atoms with Gasteiger partial charge in [0.1, 0.15) is 0 Å². The molecule has 0 spiro atoms. The second kappa shape index (κ2) is 8.76. The second-order valence-corrected chi connectivity index (χ2v) is 8.92. The fourth-order valence-corrected chi connectivity index (χ4v) is 4.82. The maximum absolute atomic E-state index is 13.2. The van der Waals surface area contributed by atoms with Gasteiger partial charge in [-0.05, 0) is 49.2 Å². The first-order valence-corrected chi connectivity index (χ1v) is 11.2. The summed E-state index contributed by atoms with van der Waals surface area (Å²) >= 11 is 3.11. The predicted octanol–water partition coefficient (Wildman–Crippen LogP) is 5.63. The first-order valence-electron chi connectivity index (χ1n) is 9.35. The number of aryl methyl sites for hydroxylation is 2. The van der Waals surface area contributed by atoms with Crippen molar-refractivity contribution in [1.29, 1.82) is 0 Å². The van der Waals surface area contributed by atoms with Gasteiger partial charge in [-0.2, -0.15) is 0 Å². The zero-order valence-electron chi connectivity index (χ0n) is 16.3. The molecule has 0 saturated carbocycles. The SMILES string of the molecule is Cc1ccc(SCC(=O)N(Cc2cccnc2)c2nc3c(C)cccc3s2)cc1. The van der Waals surface area contributed by atoms with Gasteiger partial charge in [0.2, 0.25) is 5.91 Å². The Morgan fingerprint density at radius 3 is 2.62 bits per heavy atom. The van der Waals surface area contributed by atoms with E-state index in [0.29, 0.717) is 12.3 Å². The van der Waals surface area contributed by atoms with Crippen LogP contribution in [0.2, 0.25) is 0 Å². The molecular weight excluding hydrogens is 398 g/mol. The molecule has 4 aromatic rings. The molecule has 0 radical (unpaired) electrons. The van der Waals surface area contributed by atoms with Crippen LogP contribution in [0.4, 0.5) is 5.13 Å². The van der Waals surface area contributed by atoms with Crippen LogP contribution >= 0.6 is 23.1 Å². The minimum atomic E-state index is 0.0381. The Kier molecular flexibility index (Phi) is 5.92. The number of carbonyl (C=O) groups is 1. The van der Waals surface area contributed by atoms with E-state index in [2.05, 4.69) is 42.2 Å². The van der Waals surface area contributed by atoms with Gasteiger partial charge in [0, 0.05) is 17.3 Å². The van der Waals surface area contributed by atoms with Crippen LogP contribution < -0.4 is 4.90 Å². The fourth-order valence-electron chi connectivity index (χ4n) is 2.98. The molecule has 1 amide bonds.